The molecule has 1 heteroatoms. The molecule has 0 aromatic rings. The lowest BCUT2D eigenvalue weighted by molar-refractivity contribution is 0.194. The molecule has 1 rings (SSSR count). The molecule has 1 aliphatic carbocycles. The molecule has 0 bridgehead atoms. The van der Waals surface area contributed by atoms with Crippen molar-refractivity contribution in [3.63, 3.8) is 0 Å². The van der Waals surface area contributed by atoms with Gasteiger partial charge in [0.2, 0.25) is 0 Å². The van der Waals surface area contributed by atoms with Crippen LogP contribution in [0.1, 0.15) is 46.5 Å². The van der Waals surface area contributed by atoms with Gasteiger partial charge in [-0.25, -0.2) is 0 Å². The molecule has 1 aliphatic rings. The Hall–Kier alpha value is -0.0400. The summed E-state index contributed by atoms with van der Waals surface area (Å²) < 4.78 is 0. The highest BCUT2D eigenvalue weighted by molar-refractivity contribution is 4.91. The van der Waals surface area contributed by atoms with Crippen LogP contribution in [0.3, 0.4) is 0 Å². The van der Waals surface area contributed by atoms with Crippen molar-refractivity contribution < 1.29 is 0 Å². The van der Waals surface area contributed by atoms with E-state index in [1.807, 2.05) is 0 Å². The fourth-order valence-electron chi connectivity index (χ4n) is 2.60. The van der Waals surface area contributed by atoms with Crippen LogP contribution < -0.4 is 5.73 Å². The van der Waals surface area contributed by atoms with Gasteiger partial charge >= 0.3 is 0 Å². The molecule has 0 radical (unpaired) electrons. The monoisotopic (exact) mass is 155 g/mol. The summed E-state index contributed by atoms with van der Waals surface area (Å²) in [5.41, 5.74) is 6.50. The molecule has 1 nitrogen and oxygen atoms in total. The summed E-state index contributed by atoms with van der Waals surface area (Å²) in [4.78, 5) is 0. The van der Waals surface area contributed by atoms with E-state index in [0.717, 1.165) is 5.92 Å². The van der Waals surface area contributed by atoms with Crippen LogP contribution in [0.25, 0.3) is 0 Å². The second kappa shape index (κ2) is 3.14. The molecule has 2 N–H and O–H groups in total. The fourth-order valence-corrected chi connectivity index (χ4v) is 2.60. The van der Waals surface area contributed by atoms with Crippen molar-refractivity contribution in [3.05, 3.63) is 0 Å². The first kappa shape index (κ1) is 9.05. The third kappa shape index (κ3) is 1.58. The molecular weight excluding hydrogens is 134 g/mol. The Morgan fingerprint density at radius 2 is 2.27 bits per heavy atom. The van der Waals surface area contributed by atoms with Crippen molar-refractivity contribution in [3.8, 4) is 0 Å². The zero-order valence-electron chi connectivity index (χ0n) is 8.06. The van der Waals surface area contributed by atoms with Gasteiger partial charge in [0.15, 0.2) is 0 Å². The quantitative estimate of drug-likeness (QED) is 0.651. The first-order chi connectivity index (χ1) is 5.10. The van der Waals surface area contributed by atoms with Gasteiger partial charge in [-0.05, 0) is 31.1 Å². The second-order valence-electron chi connectivity index (χ2n) is 4.37. The number of hydrogen-bond donors (Lipinski definition) is 1. The summed E-state index contributed by atoms with van der Waals surface area (Å²) in [7, 11) is 0. The molecule has 0 aliphatic heterocycles. The Bertz CT molecular complexity index is 131. The van der Waals surface area contributed by atoms with E-state index in [-0.39, 0.29) is 0 Å². The summed E-state index contributed by atoms with van der Waals surface area (Å²) >= 11 is 0. The molecule has 0 spiro atoms. The van der Waals surface area contributed by atoms with E-state index in [2.05, 4.69) is 20.8 Å². The molecule has 0 heterocycles. The number of hydrogen-bond acceptors (Lipinski definition) is 1. The molecule has 1 fully saturated rings. The molecule has 0 aromatic carbocycles. The Morgan fingerprint density at radius 1 is 1.64 bits per heavy atom. The smallest absolute Gasteiger partial charge is 0.00439 e. The van der Waals surface area contributed by atoms with Crippen LogP contribution in [0, 0.1) is 11.3 Å². The van der Waals surface area contributed by atoms with E-state index in [1.165, 1.54) is 25.7 Å². The predicted octanol–water partition coefficient (Wildman–Crippen LogP) is 2.55. The van der Waals surface area contributed by atoms with E-state index in [0.29, 0.717) is 11.5 Å². The van der Waals surface area contributed by atoms with Gasteiger partial charge in [-0.2, -0.15) is 0 Å². The van der Waals surface area contributed by atoms with Crippen LogP contribution in [0.4, 0.5) is 0 Å². The maximum absolute atomic E-state index is 5.95. The zero-order valence-corrected chi connectivity index (χ0v) is 8.06. The summed E-state index contributed by atoms with van der Waals surface area (Å²) in [5.74, 6) is 0.771. The highest BCUT2D eigenvalue weighted by Crippen LogP contribution is 2.46. The minimum atomic E-state index is 0.391. The topological polar surface area (TPSA) is 26.0 Å². The molecule has 0 aromatic heterocycles. The van der Waals surface area contributed by atoms with E-state index in [1.54, 1.807) is 0 Å². The van der Waals surface area contributed by atoms with Gasteiger partial charge in [-0.3, -0.25) is 0 Å². The van der Waals surface area contributed by atoms with Crippen LogP contribution in [0.15, 0.2) is 0 Å². The summed E-state index contributed by atoms with van der Waals surface area (Å²) in [6.45, 7) is 6.85. The number of nitrogens with two attached hydrogens (primary N) is 1. The van der Waals surface area contributed by atoms with Crippen molar-refractivity contribution in [2.75, 3.05) is 0 Å². The van der Waals surface area contributed by atoms with E-state index in [9.17, 15) is 0 Å². The normalized spacial score (nSPS) is 40.9. The van der Waals surface area contributed by atoms with Crippen LogP contribution >= 0.6 is 0 Å². The van der Waals surface area contributed by atoms with Gasteiger partial charge in [-0.15, -0.1) is 0 Å². The van der Waals surface area contributed by atoms with Gasteiger partial charge in [0.25, 0.3) is 0 Å². The van der Waals surface area contributed by atoms with Crippen LogP contribution in [0.2, 0.25) is 0 Å². The van der Waals surface area contributed by atoms with Gasteiger partial charge in [0.05, 0.1) is 0 Å². The van der Waals surface area contributed by atoms with Gasteiger partial charge in [0, 0.05) is 6.04 Å². The summed E-state index contributed by atoms with van der Waals surface area (Å²) in [6, 6.07) is 0.391. The molecule has 3 atom stereocenters. The molecule has 11 heavy (non-hydrogen) atoms. The fraction of sp³-hybridized carbons (Fsp3) is 1.00. The van der Waals surface area contributed by atoms with Crippen molar-refractivity contribution in [2.45, 2.75) is 52.5 Å². The summed E-state index contributed by atoms with van der Waals surface area (Å²) in [6.07, 6.45) is 5.41. The Kier molecular flexibility index (Phi) is 2.58. The van der Waals surface area contributed by atoms with Gasteiger partial charge in [0.1, 0.15) is 0 Å². The van der Waals surface area contributed by atoms with E-state index in [4.69, 9.17) is 5.73 Å². The van der Waals surface area contributed by atoms with Crippen molar-refractivity contribution >= 4 is 0 Å². The Morgan fingerprint density at radius 3 is 2.64 bits per heavy atom. The van der Waals surface area contributed by atoms with Gasteiger partial charge in [-0.1, -0.05) is 26.7 Å². The molecule has 0 unspecified atom stereocenters. The Labute approximate surface area is 70.4 Å². The summed E-state index contributed by atoms with van der Waals surface area (Å²) in [5, 5.41) is 0. The molecular formula is C10H21N. The molecule has 66 valence electrons. The molecule has 0 saturated heterocycles. The average Bonchev–Trinajstić information content (AvgIpc) is 2.32. The maximum atomic E-state index is 5.95. The minimum Gasteiger partial charge on any atom is -0.328 e. The third-order valence-corrected chi connectivity index (χ3v) is 3.60. The SMILES string of the molecule is CC[C@@]1(C)CCC[C@@H]1[C@@H](C)N. The average molecular weight is 155 g/mol. The van der Waals surface area contributed by atoms with E-state index >= 15 is 0 Å². The highest BCUT2D eigenvalue weighted by Gasteiger charge is 2.38. The van der Waals surface area contributed by atoms with E-state index < -0.39 is 0 Å². The lowest BCUT2D eigenvalue weighted by Crippen LogP contribution is -2.35. The lowest BCUT2D eigenvalue weighted by Gasteiger charge is -2.33. The van der Waals surface area contributed by atoms with Crippen LogP contribution in [-0.4, -0.2) is 6.04 Å². The van der Waals surface area contributed by atoms with Crippen LogP contribution in [0.5, 0.6) is 0 Å². The standard InChI is InChI=1S/C10H21N/c1-4-10(3)7-5-6-9(10)8(2)11/h8-9H,4-7,11H2,1-3H3/t8-,9-,10+/m1/s1. The van der Waals surface area contributed by atoms with Crippen LogP contribution in [-0.2, 0) is 0 Å². The molecule has 1 saturated carbocycles. The third-order valence-electron chi connectivity index (χ3n) is 3.60. The van der Waals surface area contributed by atoms with Crippen molar-refractivity contribution in [1.82, 2.24) is 0 Å². The first-order valence-electron chi connectivity index (χ1n) is 4.86. The zero-order chi connectivity index (χ0) is 8.48. The maximum Gasteiger partial charge on any atom is 0.00439 e. The second-order valence-corrected chi connectivity index (χ2v) is 4.37. The number of rotatable bonds is 2. The lowest BCUT2D eigenvalue weighted by atomic mass is 9.74. The Balaban J connectivity index is 2.64. The van der Waals surface area contributed by atoms with Gasteiger partial charge < -0.3 is 5.73 Å². The molecule has 0 amide bonds. The minimum absolute atomic E-state index is 0.391. The predicted molar refractivity (Wildman–Crippen MR) is 49.4 cm³/mol. The van der Waals surface area contributed by atoms with Crippen molar-refractivity contribution in [1.29, 1.82) is 0 Å². The highest BCUT2D eigenvalue weighted by atomic mass is 14.7. The van der Waals surface area contributed by atoms with Crippen molar-refractivity contribution in [2.24, 2.45) is 17.1 Å². The largest absolute Gasteiger partial charge is 0.328 e. The first-order valence-corrected chi connectivity index (χ1v) is 4.86.